The second kappa shape index (κ2) is 3.66. The van der Waals surface area contributed by atoms with Crippen LogP contribution in [-0.4, -0.2) is 13.4 Å². The van der Waals surface area contributed by atoms with Gasteiger partial charge in [0.2, 0.25) is 10.0 Å². The molecule has 2 N–H and O–H groups in total. The molecule has 0 fully saturated rings. The minimum atomic E-state index is -3.76. The fourth-order valence-corrected chi connectivity index (χ4v) is 4.19. The van der Waals surface area contributed by atoms with E-state index in [-0.39, 0.29) is 4.90 Å². The van der Waals surface area contributed by atoms with Gasteiger partial charge in [-0.2, -0.15) is 0 Å². The predicted octanol–water partition coefficient (Wildman–Crippen LogP) is 2.21. The minimum Gasteiger partial charge on any atom is -0.251 e. The number of sulfonamides is 1. The molecule has 2 heterocycles. The van der Waals surface area contributed by atoms with Crippen LogP contribution in [0.25, 0.3) is 10.2 Å². The first-order chi connectivity index (χ1) is 7.30. The Morgan fingerprint density at radius 3 is 2.62 bits per heavy atom. The zero-order chi connectivity index (χ0) is 12.1. The van der Waals surface area contributed by atoms with Crippen LogP contribution in [-0.2, 0) is 10.0 Å². The van der Waals surface area contributed by atoms with E-state index in [2.05, 4.69) is 4.98 Å². The summed E-state index contributed by atoms with van der Waals surface area (Å²) in [6, 6.07) is 1.70. The van der Waals surface area contributed by atoms with E-state index in [0.717, 1.165) is 0 Å². The van der Waals surface area contributed by atoms with Gasteiger partial charge >= 0.3 is 0 Å². The molecular weight excluding hydrogens is 268 g/mol. The van der Waals surface area contributed by atoms with Gasteiger partial charge in [0.25, 0.3) is 0 Å². The summed E-state index contributed by atoms with van der Waals surface area (Å²) in [6.45, 7) is 3.45. The fourth-order valence-electron chi connectivity index (χ4n) is 1.57. The zero-order valence-electron chi connectivity index (χ0n) is 8.61. The summed E-state index contributed by atoms with van der Waals surface area (Å²) in [7, 11) is -3.76. The van der Waals surface area contributed by atoms with Gasteiger partial charge in [-0.05, 0) is 19.9 Å². The predicted molar refractivity (Wildman–Crippen MR) is 65.5 cm³/mol. The maximum atomic E-state index is 11.5. The van der Waals surface area contributed by atoms with Gasteiger partial charge in [0.15, 0.2) is 0 Å². The molecular formula is C9H9ClN2O2S2. The highest BCUT2D eigenvalue weighted by Crippen LogP contribution is 2.36. The van der Waals surface area contributed by atoms with Crippen molar-refractivity contribution in [2.45, 2.75) is 18.7 Å². The number of fused-ring (bicyclic) bond motifs is 1. The zero-order valence-corrected chi connectivity index (χ0v) is 11.0. The monoisotopic (exact) mass is 276 g/mol. The van der Waals surface area contributed by atoms with Gasteiger partial charge in [-0.3, -0.25) is 4.98 Å². The van der Waals surface area contributed by atoms with E-state index >= 15 is 0 Å². The third kappa shape index (κ3) is 1.82. The van der Waals surface area contributed by atoms with Crippen LogP contribution >= 0.6 is 22.9 Å². The van der Waals surface area contributed by atoms with Crippen LogP contribution in [0, 0.1) is 13.8 Å². The summed E-state index contributed by atoms with van der Waals surface area (Å²) < 4.78 is 23.6. The Kier molecular flexibility index (Phi) is 2.70. The quantitative estimate of drug-likeness (QED) is 0.868. The summed E-state index contributed by atoms with van der Waals surface area (Å²) in [5.41, 5.74) is 1.04. The molecule has 2 rings (SSSR count). The van der Waals surface area contributed by atoms with Crippen LogP contribution in [0.4, 0.5) is 0 Å². The number of halogens is 1. The van der Waals surface area contributed by atoms with Gasteiger partial charge in [-0.25, -0.2) is 13.6 Å². The average Bonchev–Trinajstić information content (AvgIpc) is 2.40. The molecule has 0 aliphatic heterocycles. The van der Waals surface area contributed by atoms with Gasteiger partial charge in [-0.15, -0.1) is 11.3 Å². The van der Waals surface area contributed by atoms with Gasteiger partial charge in [-0.1, -0.05) is 11.6 Å². The first-order valence-electron chi connectivity index (χ1n) is 4.39. The molecule has 2 aromatic heterocycles. The number of thiophene rings is 1. The molecule has 7 heteroatoms. The summed E-state index contributed by atoms with van der Waals surface area (Å²) in [5.74, 6) is 0. The van der Waals surface area contributed by atoms with Gasteiger partial charge in [0, 0.05) is 10.6 Å². The van der Waals surface area contributed by atoms with Crippen molar-refractivity contribution in [3.63, 3.8) is 0 Å². The molecule has 0 bridgehead atoms. The third-order valence-electron chi connectivity index (χ3n) is 2.13. The molecule has 2 aromatic rings. The molecule has 0 radical (unpaired) electrons. The molecule has 0 aromatic carbocycles. The van der Waals surface area contributed by atoms with Crippen molar-refractivity contribution in [3.8, 4) is 0 Å². The number of nitrogens with two attached hydrogens (primary N) is 1. The molecule has 0 saturated carbocycles. The van der Waals surface area contributed by atoms with Crippen LogP contribution in [0.2, 0.25) is 5.02 Å². The lowest BCUT2D eigenvalue weighted by Gasteiger charge is -1.99. The highest BCUT2D eigenvalue weighted by molar-refractivity contribution is 7.89. The number of rotatable bonds is 1. The van der Waals surface area contributed by atoms with Crippen LogP contribution in [0.3, 0.4) is 0 Å². The number of aromatic nitrogens is 1. The smallest absolute Gasteiger partial charge is 0.241 e. The number of aryl methyl sites for hydroxylation is 2. The maximum Gasteiger partial charge on any atom is 0.241 e. The van der Waals surface area contributed by atoms with E-state index in [1.165, 1.54) is 11.3 Å². The Morgan fingerprint density at radius 2 is 2.06 bits per heavy atom. The van der Waals surface area contributed by atoms with Crippen molar-refractivity contribution in [1.82, 2.24) is 4.98 Å². The standard InChI is InChI=1S/C9H9ClN2O2S2/c1-4-3-6(10)8-7(12-4)9(5(2)15-8)16(11,13)14/h3H,1-2H3,(H2,11,13,14). The molecule has 0 spiro atoms. The second-order valence-corrected chi connectivity index (χ2v) is 6.59. The summed E-state index contributed by atoms with van der Waals surface area (Å²) in [6.07, 6.45) is 0. The number of nitrogens with zero attached hydrogens (tertiary/aromatic N) is 1. The maximum absolute atomic E-state index is 11.5. The Bertz CT molecular complexity index is 676. The molecule has 16 heavy (non-hydrogen) atoms. The van der Waals surface area contributed by atoms with Crippen LogP contribution in [0.5, 0.6) is 0 Å². The summed E-state index contributed by atoms with van der Waals surface area (Å²) >= 11 is 7.32. The van der Waals surface area contributed by atoms with E-state index in [0.29, 0.717) is 25.8 Å². The number of primary sulfonamides is 1. The van der Waals surface area contributed by atoms with Gasteiger partial charge < -0.3 is 0 Å². The topological polar surface area (TPSA) is 73.1 Å². The van der Waals surface area contributed by atoms with Crippen molar-refractivity contribution in [1.29, 1.82) is 0 Å². The van der Waals surface area contributed by atoms with E-state index in [1.54, 1.807) is 19.9 Å². The van der Waals surface area contributed by atoms with Crippen LogP contribution in [0.15, 0.2) is 11.0 Å². The lowest BCUT2D eigenvalue weighted by molar-refractivity contribution is 0.598. The minimum absolute atomic E-state index is 0.0816. The molecule has 4 nitrogen and oxygen atoms in total. The number of hydrogen-bond acceptors (Lipinski definition) is 4. The number of pyridine rings is 1. The fraction of sp³-hybridized carbons (Fsp3) is 0.222. The lowest BCUT2D eigenvalue weighted by Crippen LogP contribution is -2.13. The molecule has 0 amide bonds. The molecule has 0 aliphatic rings. The molecule has 0 saturated heterocycles. The first kappa shape index (κ1) is 11.8. The molecule has 86 valence electrons. The largest absolute Gasteiger partial charge is 0.251 e. The second-order valence-electron chi connectivity index (χ2n) is 3.46. The van der Waals surface area contributed by atoms with Crippen molar-refractivity contribution in [3.05, 3.63) is 21.7 Å². The van der Waals surface area contributed by atoms with E-state index < -0.39 is 10.0 Å². The summed E-state index contributed by atoms with van der Waals surface area (Å²) in [4.78, 5) is 4.88. The first-order valence-corrected chi connectivity index (χ1v) is 7.14. The van der Waals surface area contributed by atoms with Crippen LogP contribution < -0.4 is 5.14 Å². The van der Waals surface area contributed by atoms with E-state index in [4.69, 9.17) is 16.7 Å². The molecule has 0 atom stereocenters. The van der Waals surface area contributed by atoms with Crippen molar-refractivity contribution >= 4 is 43.2 Å². The van der Waals surface area contributed by atoms with E-state index in [1.807, 2.05) is 0 Å². The number of hydrogen-bond donors (Lipinski definition) is 1. The van der Waals surface area contributed by atoms with Crippen molar-refractivity contribution in [2.75, 3.05) is 0 Å². The Balaban J connectivity index is 3.01. The van der Waals surface area contributed by atoms with E-state index in [9.17, 15) is 8.42 Å². The van der Waals surface area contributed by atoms with Crippen molar-refractivity contribution < 1.29 is 8.42 Å². The SMILES string of the molecule is Cc1cc(Cl)c2sc(C)c(S(N)(=O)=O)c2n1. The Morgan fingerprint density at radius 1 is 1.44 bits per heavy atom. The van der Waals surface area contributed by atoms with Crippen LogP contribution in [0.1, 0.15) is 10.6 Å². The van der Waals surface area contributed by atoms with Crippen molar-refractivity contribution in [2.24, 2.45) is 5.14 Å². The highest BCUT2D eigenvalue weighted by Gasteiger charge is 2.21. The van der Waals surface area contributed by atoms with Gasteiger partial charge in [0.05, 0.1) is 9.72 Å². The normalized spacial score (nSPS) is 12.2. The Labute approximate surface area is 102 Å². The highest BCUT2D eigenvalue weighted by atomic mass is 35.5. The lowest BCUT2D eigenvalue weighted by atomic mass is 10.3. The average molecular weight is 277 g/mol. The molecule has 0 aliphatic carbocycles. The third-order valence-corrected chi connectivity index (χ3v) is 4.87. The Hall–Kier alpha value is -0.690. The summed E-state index contributed by atoms with van der Waals surface area (Å²) in [5, 5.41) is 5.67. The van der Waals surface area contributed by atoms with Gasteiger partial charge in [0.1, 0.15) is 10.4 Å². The molecule has 0 unspecified atom stereocenters.